The maximum atomic E-state index is 11.8. The summed E-state index contributed by atoms with van der Waals surface area (Å²) in [6.07, 6.45) is 3.46. The van der Waals surface area contributed by atoms with E-state index in [1.165, 1.54) is 0 Å². The molecule has 1 heterocycles. The molecule has 0 spiro atoms. The van der Waals surface area contributed by atoms with Gasteiger partial charge in [0.05, 0.1) is 11.7 Å². The summed E-state index contributed by atoms with van der Waals surface area (Å²) in [5, 5.41) is 3.88. The van der Waals surface area contributed by atoms with Gasteiger partial charge in [-0.25, -0.2) is 0 Å². The van der Waals surface area contributed by atoms with Gasteiger partial charge in [-0.1, -0.05) is 19.4 Å². The average Bonchev–Trinajstić information content (AvgIpc) is 2.78. The Morgan fingerprint density at radius 3 is 2.94 bits per heavy atom. The molecule has 2 rings (SSSR count). The summed E-state index contributed by atoms with van der Waals surface area (Å²) in [4.78, 5) is 14.9. The molecule has 0 fully saturated rings. The fourth-order valence-electron chi connectivity index (χ4n) is 1.86. The van der Waals surface area contributed by atoms with E-state index in [0.717, 1.165) is 23.0 Å². The van der Waals surface area contributed by atoms with Gasteiger partial charge in [0.15, 0.2) is 0 Å². The number of halogens is 1. The van der Waals surface area contributed by atoms with Gasteiger partial charge < -0.3 is 16.0 Å². The van der Waals surface area contributed by atoms with Crippen molar-refractivity contribution in [2.24, 2.45) is 5.73 Å². The van der Waals surface area contributed by atoms with Crippen molar-refractivity contribution in [1.82, 2.24) is 4.98 Å². The fraction of sp³-hybridized carbons (Fsp3) is 0.308. The highest BCUT2D eigenvalue weighted by atomic mass is 35.5. The Bertz CT molecular complexity index is 524. The van der Waals surface area contributed by atoms with Gasteiger partial charge in [-0.3, -0.25) is 4.79 Å². The van der Waals surface area contributed by atoms with Crippen LogP contribution in [0.1, 0.15) is 19.8 Å². The first-order valence-corrected chi connectivity index (χ1v) is 5.85. The second-order valence-corrected chi connectivity index (χ2v) is 4.13. The van der Waals surface area contributed by atoms with Crippen LogP contribution in [-0.4, -0.2) is 16.9 Å². The number of nitrogens with one attached hydrogen (secondary N) is 2. The molecule has 2 aromatic rings. The van der Waals surface area contributed by atoms with E-state index >= 15 is 0 Å². The van der Waals surface area contributed by atoms with E-state index in [0.29, 0.717) is 6.42 Å². The zero-order valence-electron chi connectivity index (χ0n) is 10.3. The first-order valence-electron chi connectivity index (χ1n) is 5.85. The summed E-state index contributed by atoms with van der Waals surface area (Å²) < 4.78 is 0. The van der Waals surface area contributed by atoms with Gasteiger partial charge in [0, 0.05) is 17.1 Å². The summed E-state index contributed by atoms with van der Waals surface area (Å²) in [7, 11) is 0. The zero-order valence-corrected chi connectivity index (χ0v) is 11.1. The maximum Gasteiger partial charge on any atom is 0.241 e. The summed E-state index contributed by atoms with van der Waals surface area (Å²) in [5.74, 6) is -0.124. The van der Waals surface area contributed by atoms with Gasteiger partial charge in [0.2, 0.25) is 5.91 Å². The standard InChI is InChI=1S/C13H17N3O.ClH/c1-2-4-10(14)13(17)16-12-6-3-5-11-9(12)7-8-15-11;/h3,5-8,10,15H,2,4,14H2,1H3,(H,16,17);1H. The number of benzene rings is 1. The number of anilines is 1. The van der Waals surface area contributed by atoms with Crippen molar-refractivity contribution in [3.8, 4) is 0 Å². The highest BCUT2D eigenvalue weighted by Gasteiger charge is 2.13. The summed E-state index contributed by atoms with van der Waals surface area (Å²) in [6.45, 7) is 2.01. The minimum atomic E-state index is -0.436. The van der Waals surface area contributed by atoms with Crippen molar-refractivity contribution in [2.45, 2.75) is 25.8 Å². The van der Waals surface area contributed by atoms with Crippen LogP contribution in [0.15, 0.2) is 30.5 Å². The van der Waals surface area contributed by atoms with Gasteiger partial charge in [0.25, 0.3) is 0 Å². The van der Waals surface area contributed by atoms with Crippen molar-refractivity contribution >= 4 is 34.9 Å². The molecular formula is C13H18ClN3O. The predicted molar refractivity (Wildman–Crippen MR) is 77.1 cm³/mol. The number of rotatable bonds is 4. The highest BCUT2D eigenvalue weighted by molar-refractivity contribution is 6.02. The quantitative estimate of drug-likeness (QED) is 0.797. The fourth-order valence-corrected chi connectivity index (χ4v) is 1.86. The summed E-state index contributed by atoms with van der Waals surface area (Å²) >= 11 is 0. The molecule has 1 unspecified atom stereocenters. The minimum absolute atomic E-state index is 0. The SMILES string of the molecule is CCCC(N)C(=O)Nc1cccc2[nH]ccc12.Cl. The Balaban J connectivity index is 0.00000162. The number of hydrogen-bond acceptors (Lipinski definition) is 2. The molecule has 5 heteroatoms. The second-order valence-electron chi connectivity index (χ2n) is 4.13. The highest BCUT2D eigenvalue weighted by Crippen LogP contribution is 2.22. The molecule has 1 atom stereocenters. The minimum Gasteiger partial charge on any atom is -0.361 e. The number of fused-ring (bicyclic) bond motifs is 1. The number of carbonyl (C=O) groups is 1. The van der Waals surface area contributed by atoms with E-state index in [1.54, 1.807) is 0 Å². The van der Waals surface area contributed by atoms with E-state index in [9.17, 15) is 4.79 Å². The molecule has 4 nitrogen and oxygen atoms in total. The number of nitrogens with two attached hydrogens (primary N) is 1. The molecule has 18 heavy (non-hydrogen) atoms. The lowest BCUT2D eigenvalue weighted by Crippen LogP contribution is -2.35. The van der Waals surface area contributed by atoms with Gasteiger partial charge in [-0.05, 0) is 24.6 Å². The first kappa shape index (κ1) is 14.5. The number of carbonyl (C=O) groups excluding carboxylic acids is 1. The number of aromatic nitrogens is 1. The third-order valence-corrected chi connectivity index (χ3v) is 2.79. The molecule has 0 bridgehead atoms. The van der Waals surface area contributed by atoms with Crippen LogP contribution in [0.4, 0.5) is 5.69 Å². The molecule has 0 aliphatic rings. The lowest BCUT2D eigenvalue weighted by Gasteiger charge is -2.11. The average molecular weight is 268 g/mol. The van der Waals surface area contributed by atoms with Crippen LogP contribution >= 0.6 is 12.4 Å². The molecule has 4 N–H and O–H groups in total. The molecule has 98 valence electrons. The molecule has 0 aliphatic carbocycles. The van der Waals surface area contributed by atoms with Crippen LogP contribution in [0.2, 0.25) is 0 Å². The van der Waals surface area contributed by atoms with Gasteiger partial charge in [-0.15, -0.1) is 12.4 Å². The van der Waals surface area contributed by atoms with E-state index in [2.05, 4.69) is 10.3 Å². The molecule has 0 saturated heterocycles. The Morgan fingerprint density at radius 2 is 2.22 bits per heavy atom. The van der Waals surface area contributed by atoms with Crippen molar-refractivity contribution in [2.75, 3.05) is 5.32 Å². The molecule has 0 aliphatic heterocycles. The molecule has 1 aromatic heterocycles. The van der Waals surface area contributed by atoms with E-state index in [-0.39, 0.29) is 18.3 Å². The number of hydrogen-bond donors (Lipinski definition) is 3. The lowest BCUT2D eigenvalue weighted by atomic mass is 10.1. The van der Waals surface area contributed by atoms with Crippen molar-refractivity contribution in [3.63, 3.8) is 0 Å². The van der Waals surface area contributed by atoms with E-state index in [4.69, 9.17) is 5.73 Å². The number of aromatic amines is 1. The molecule has 0 saturated carbocycles. The van der Waals surface area contributed by atoms with Crippen LogP contribution in [0, 0.1) is 0 Å². The third kappa shape index (κ3) is 3.03. The van der Waals surface area contributed by atoms with Crippen molar-refractivity contribution in [1.29, 1.82) is 0 Å². The number of H-pyrrole nitrogens is 1. The maximum absolute atomic E-state index is 11.8. The Hall–Kier alpha value is -1.52. The van der Waals surface area contributed by atoms with Crippen LogP contribution in [0.5, 0.6) is 0 Å². The molecule has 1 amide bonds. The summed E-state index contributed by atoms with van der Waals surface area (Å²) in [6, 6.07) is 7.26. The lowest BCUT2D eigenvalue weighted by molar-refractivity contribution is -0.117. The first-order chi connectivity index (χ1) is 8.22. The Labute approximate surface area is 112 Å². The third-order valence-electron chi connectivity index (χ3n) is 2.79. The van der Waals surface area contributed by atoms with Crippen LogP contribution in [0.3, 0.4) is 0 Å². The molecular weight excluding hydrogens is 250 g/mol. The van der Waals surface area contributed by atoms with Gasteiger partial charge in [0.1, 0.15) is 0 Å². The normalized spacial score (nSPS) is 11.9. The Kier molecular flexibility index (Phi) is 5.19. The van der Waals surface area contributed by atoms with E-state index < -0.39 is 6.04 Å². The summed E-state index contributed by atoms with van der Waals surface area (Å²) in [5.41, 5.74) is 7.59. The van der Waals surface area contributed by atoms with Gasteiger partial charge in [-0.2, -0.15) is 0 Å². The second kappa shape index (κ2) is 6.42. The van der Waals surface area contributed by atoms with Crippen LogP contribution in [0.25, 0.3) is 10.9 Å². The smallest absolute Gasteiger partial charge is 0.241 e. The van der Waals surface area contributed by atoms with E-state index in [1.807, 2.05) is 37.4 Å². The monoisotopic (exact) mass is 267 g/mol. The predicted octanol–water partition coefficient (Wildman–Crippen LogP) is 2.66. The van der Waals surface area contributed by atoms with Crippen LogP contribution < -0.4 is 11.1 Å². The number of amides is 1. The van der Waals surface area contributed by atoms with Crippen molar-refractivity contribution < 1.29 is 4.79 Å². The topological polar surface area (TPSA) is 70.9 Å². The molecule has 0 radical (unpaired) electrons. The zero-order chi connectivity index (χ0) is 12.3. The Morgan fingerprint density at radius 1 is 1.44 bits per heavy atom. The van der Waals surface area contributed by atoms with Crippen LogP contribution in [-0.2, 0) is 4.79 Å². The van der Waals surface area contributed by atoms with Gasteiger partial charge >= 0.3 is 0 Å². The largest absolute Gasteiger partial charge is 0.361 e. The molecule has 1 aromatic carbocycles. The van der Waals surface area contributed by atoms with Crippen molar-refractivity contribution in [3.05, 3.63) is 30.5 Å².